The Morgan fingerprint density at radius 1 is 1.38 bits per heavy atom. The molecule has 4 heteroatoms. The molecule has 0 unspecified atom stereocenters. The highest BCUT2D eigenvalue weighted by Gasteiger charge is 2.14. The fourth-order valence-electron chi connectivity index (χ4n) is 3.08. The zero-order valence-electron chi connectivity index (χ0n) is 15.0. The van der Waals surface area contributed by atoms with Crippen molar-refractivity contribution in [2.45, 2.75) is 46.6 Å². The summed E-state index contributed by atoms with van der Waals surface area (Å²) >= 11 is 0. The number of ether oxygens (including phenoxy) is 1. The van der Waals surface area contributed by atoms with Gasteiger partial charge in [-0.05, 0) is 68.4 Å². The van der Waals surface area contributed by atoms with Crippen LogP contribution >= 0.6 is 0 Å². The van der Waals surface area contributed by atoms with Crippen LogP contribution in [0.2, 0.25) is 0 Å². The van der Waals surface area contributed by atoms with Gasteiger partial charge in [-0.1, -0.05) is 12.1 Å². The number of amides is 1. The van der Waals surface area contributed by atoms with E-state index in [1.165, 1.54) is 0 Å². The average Bonchev–Trinajstić information content (AvgIpc) is 3.06. The second kappa shape index (κ2) is 7.95. The average molecular weight is 326 g/mol. The Kier molecular flexibility index (Phi) is 5.96. The summed E-state index contributed by atoms with van der Waals surface area (Å²) < 4.78 is 5.35. The molecule has 0 radical (unpaired) electrons. The molecule has 128 valence electrons. The molecule has 2 rings (SSSR count). The molecule has 0 saturated carbocycles. The third-order valence-electron chi connectivity index (χ3n) is 4.51. The molecule has 1 aromatic rings. The van der Waals surface area contributed by atoms with Crippen molar-refractivity contribution in [3.05, 3.63) is 52.1 Å². The van der Waals surface area contributed by atoms with E-state index in [0.29, 0.717) is 12.3 Å². The van der Waals surface area contributed by atoms with Gasteiger partial charge in [-0.15, -0.1) is 0 Å². The van der Waals surface area contributed by atoms with Gasteiger partial charge in [-0.25, -0.2) is 0 Å². The Bertz CT molecular complexity index is 715. The van der Waals surface area contributed by atoms with Crippen molar-refractivity contribution >= 4 is 11.6 Å². The number of carbonyl (C=O) groups excluding carboxylic acids is 1. The van der Waals surface area contributed by atoms with Crippen LogP contribution in [0.5, 0.6) is 5.75 Å². The predicted octanol–water partition coefficient (Wildman–Crippen LogP) is 4.00. The SMILES string of the molecule is COc1ccc(C)c(CNC(=O)/C=C(\C(C)=N)C2=CCCC2)c1C. The number of hydrogen-bond acceptors (Lipinski definition) is 3. The van der Waals surface area contributed by atoms with Gasteiger partial charge in [-0.2, -0.15) is 0 Å². The summed E-state index contributed by atoms with van der Waals surface area (Å²) in [5.74, 6) is 0.665. The van der Waals surface area contributed by atoms with Crippen LogP contribution in [0.4, 0.5) is 0 Å². The minimum absolute atomic E-state index is 0.161. The molecule has 24 heavy (non-hydrogen) atoms. The molecule has 0 spiro atoms. The predicted molar refractivity (Wildman–Crippen MR) is 97.7 cm³/mol. The van der Waals surface area contributed by atoms with Crippen molar-refractivity contribution < 1.29 is 9.53 Å². The molecule has 0 bridgehead atoms. The van der Waals surface area contributed by atoms with Gasteiger partial charge in [0.1, 0.15) is 5.75 Å². The van der Waals surface area contributed by atoms with E-state index in [-0.39, 0.29) is 5.91 Å². The van der Waals surface area contributed by atoms with Gasteiger partial charge in [0.25, 0.3) is 0 Å². The number of allylic oxidation sites excluding steroid dienone is 3. The zero-order valence-corrected chi connectivity index (χ0v) is 15.0. The van der Waals surface area contributed by atoms with E-state index >= 15 is 0 Å². The topological polar surface area (TPSA) is 62.2 Å². The van der Waals surface area contributed by atoms with Crippen molar-refractivity contribution in [1.29, 1.82) is 5.41 Å². The lowest BCUT2D eigenvalue weighted by molar-refractivity contribution is -0.116. The second-order valence-electron chi connectivity index (χ2n) is 6.21. The molecule has 0 heterocycles. The molecule has 1 aromatic carbocycles. The molecule has 4 nitrogen and oxygen atoms in total. The summed E-state index contributed by atoms with van der Waals surface area (Å²) in [6, 6.07) is 3.94. The molecule has 2 N–H and O–H groups in total. The van der Waals surface area contributed by atoms with Crippen molar-refractivity contribution in [2.75, 3.05) is 7.11 Å². The molecule has 0 aromatic heterocycles. The molecular formula is C20H26N2O2. The number of aryl methyl sites for hydroxylation is 1. The Balaban J connectivity index is 2.13. The number of hydrogen-bond donors (Lipinski definition) is 2. The molecule has 0 aliphatic heterocycles. The summed E-state index contributed by atoms with van der Waals surface area (Å²) in [6.07, 6.45) is 6.77. The molecule has 1 amide bonds. The maximum Gasteiger partial charge on any atom is 0.244 e. The highest BCUT2D eigenvalue weighted by molar-refractivity contribution is 6.05. The van der Waals surface area contributed by atoms with Gasteiger partial charge in [-0.3, -0.25) is 4.79 Å². The third-order valence-corrected chi connectivity index (χ3v) is 4.51. The van der Waals surface area contributed by atoms with Crippen molar-refractivity contribution in [3.8, 4) is 5.75 Å². The first-order valence-electron chi connectivity index (χ1n) is 8.31. The first-order valence-corrected chi connectivity index (χ1v) is 8.31. The van der Waals surface area contributed by atoms with E-state index in [4.69, 9.17) is 10.1 Å². The Morgan fingerprint density at radius 3 is 2.71 bits per heavy atom. The summed E-state index contributed by atoms with van der Waals surface area (Å²) in [4.78, 5) is 12.3. The first-order chi connectivity index (χ1) is 11.4. The van der Waals surface area contributed by atoms with Crippen LogP contribution in [0.1, 0.15) is 42.9 Å². The Hall–Kier alpha value is -2.36. The number of nitrogens with one attached hydrogen (secondary N) is 2. The van der Waals surface area contributed by atoms with Gasteiger partial charge in [0.05, 0.1) is 7.11 Å². The van der Waals surface area contributed by atoms with Crippen LogP contribution in [-0.4, -0.2) is 18.7 Å². The standard InChI is InChI=1S/C20H26N2O2/c1-13-9-10-19(24-4)14(2)18(13)12-22-20(23)11-17(15(3)21)16-7-5-6-8-16/h7,9-11,21H,5-6,8,12H2,1-4H3,(H,22,23)/b17-11+,21-15?. The number of carbonyl (C=O) groups is 1. The minimum atomic E-state index is -0.161. The maximum atomic E-state index is 12.3. The second-order valence-corrected chi connectivity index (χ2v) is 6.21. The van der Waals surface area contributed by atoms with Gasteiger partial charge in [0.2, 0.25) is 5.91 Å². The quantitative estimate of drug-likeness (QED) is 0.613. The monoisotopic (exact) mass is 326 g/mol. The van der Waals surface area contributed by atoms with Crippen molar-refractivity contribution in [1.82, 2.24) is 5.32 Å². The summed E-state index contributed by atoms with van der Waals surface area (Å²) in [7, 11) is 1.65. The van der Waals surface area contributed by atoms with E-state index in [1.54, 1.807) is 20.1 Å². The van der Waals surface area contributed by atoms with Crippen LogP contribution in [0.15, 0.2) is 35.4 Å². The number of rotatable bonds is 6. The highest BCUT2D eigenvalue weighted by Crippen LogP contribution is 2.26. The summed E-state index contributed by atoms with van der Waals surface area (Å²) in [5.41, 5.74) is 5.55. The van der Waals surface area contributed by atoms with Crippen molar-refractivity contribution in [3.63, 3.8) is 0 Å². The zero-order chi connectivity index (χ0) is 17.7. The van der Waals surface area contributed by atoms with Crippen LogP contribution in [0.3, 0.4) is 0 Å². The lowest BCUT2D eigenvalue weighted by Crippen LogP contribution is -2.22. The highest BCUT2D eigenvalue weighted by atomic mass is 16.5. The molecule has 1 aliphatic rings. The molecule has 0 saturated heterocycles. The summed E-state index contributed by atoms with van der Waals surface area (Å²) in [6.45, 7) is 6.21. The fraction of sp³-hybridized carbons (Fsp3) is 0.400. The summed E-state index contributed by atoms with van der Waals surface area (Å²) in [5, 5.41) is 10.9. The molecular weight excluding hydrogens is 300 g/mol. The van der Waals surface area contributed by atoms with Gasteiger partial charge in [0.15, 0.2) is 0 Å². The maximum absolute atomic E-state index is 12.3. The van der Waals surface area contributed by atoms with Crippen LogP contribution in [0, 0.1) is 19.3 Å². The fourth-order valence-corrected chi connectivity index (χ4v) is 3.08. The number of methoxy groups -OCH3 is 1. The van der Waals surface area contributed by atoms with Crippen LogP contribution in [-0.2, 0) is 11.3 Å². The van der Waals surface area contributed by atoms with Gasteiger partial charge in [0, 0.05) is 23.9 Å². The normalized spacial score (nSPS) is 14.3. The van der Waals surface area contributed by atoms with E-state index in [0.717, 1.165) is 52.8 Å². The minimum Gasteiger partial charge on any atom is -0.496 e. The van der Waals surface area contributed by atoms with Gasteiger partial charge >= 0.3 is 0 Å². The third kappa shape index (κ3) is 4.13. The number of benzene rings is 1. The Labute approximate surface area is 144 Å². The Morgan fingerprint density at radius 2 is 2.12 bits per heavy atom. The lowest BCUT2D eigenvalue weighted by Gasteiger charge is -2.14. The lowest BCUT2D eigenvalue weighted by atomic mass is 10.0. The smallest absolute Gasteiger partial charge is 0.244 e. The molecule has 0 fully saturated rings. The largest absolute Gasteiger partial charge is 0.496 e. The van der Waals surface area contributed by atoms with E-state index in [1.807, 2.05) is 26.0 Å². The van der Waals surface area contributed by atoms with E-state index in [2.05, 4.69) is 11.4 Å². The van der Waals surface area contributed by atoms with E-state index in [9.17, 15) is 4.79 Å². The molecule has 0 atom stereocenters. The van der Waals surface area contributed by atoms with Crippen LogP contribution in [0.25, 0.3) is 0 Å². The van der Waals surface area contributed by atoms with E-state index < -0.39 is 0 Å². The van der Waals surface area contributed by atoms with Gasteiger partial charge < -0.3 is 15.5 Å². The van der Waals surface area contributed by atoms with Crippen LogP contribution < -0.4 is 10.1 Å². The van der Waals surface area contributed by atoms with Crippen molar-refractivity contribution in [2.24, 2.45) is 0 Å². The first kappa shape index (κ1) is 18.0. The molecule has 1 aliphatic carbocycles.